The smallest absolute Gasteiger partial charge is 0.325 e. The minimum atomic E-state index is -3.76. The number of carbonyl (C=O) groups excluding carboxylic acids is 3. The molecule has 1 aliphatic heterocycles. The lowest BCUT2D eigenvalue weighted by atomic mass is 10.0. The van der Waals surface area contributed by atoms with Crippen LogP contribution in [0, 0.1) is 6.92 Å². The molecule has 1 N–H and O–H groups in total. The van der Waals surface area contributed by atoms with Gasteiger partial charge in [-0.25, -0.2) is 8.42 Å². The van der Waals surface area contributed by atoms with Gasteiger partial charge in [-0.05, 0) is 107 Å². The summed E-state index contributed by atoms with van der Waals surface area (Å²) in [6, 6.07) is 19.8. The van der Waals surface area contributed by atoms with Gasteiger partial charge in [0.2, 0.25) is 0 Å². The van der Waals surface area contributed by atoms with Gasteiger partial charge in [0, 0.05) is 11.4 Å². The van der Waals surface area contributed by atoms with Crippen LogP contribution in [0.25, 0.3) is 6.08 Å². The SMILES string of the molecule is CC1=NN(c2ccc(NS(=O)(=O)c3ccccc3)cc2)C(=O)C1=Cc1ccc(N(CC(=O)OC(C)C)CC(=O)OC(C)C)cc1C. The van der Waals surface area contributed by atoms with E-state index in [0.717, 1.165) is 11.1 Å². The number of aryl methyl sites for hydroxylation is 1. The first-order chi connectivity index (χ1) is 21.7. The number of carbonyl (C=O) groups is 3. The zero-order chi connectivity index (χ0) is 33.6. The molecule has 0 saturated heterocycles. The molecule has 4 rings (SSSR count). The van der Waals surface area contributed by atoms with Crippen LogP contribution in [0.5, 0.6) is 0 Å². The Labute approximate surface area is 269 Å². The average molecular weight is 647 g/mol. The van der Waals surface area contributed by atoms with Crippen molar-refractivity contribution < 1.29 is 32.3 Å². The molecule has 1 aliphatic rings. The lowest BCUT2D eigenvalue weighted by molar-refractivity contribution is -0.146. The van der Waals surface area contributed by atoms with Crippen LogP contribution in [0.1, 0.15) is 45.7 Å². The number of ether oxygens (including phenoxy) is 2. The van der Waals surface area contributed by atoms with Crippen molar-refractivity contribution in [2.24, 2.45) is 5.10 Å². The van der Waals surface area contributed by atoms with Crippen molar-refractivity contribution in [2.75, 3.05) is 27.7 Å². The van der Waals surface area contributed by atoms with Gasteiger partial charge in [-0.15, -0.1) is 0 Å². The van der Waals surface area contributed by atoms with Crippen molar-refractivity contribution in [3.63, 3.8) is 0 Å². The van der Waals surface area contributed by atoms with Crippen LogP contribution < -0.4 is 14.6 Å². The summed E-state index contributed by atoms with van der Waals surface area (Å²) in [5.41, 5.74) is 3.89. The highest BCUT2D eigenvalue weighted by Crippen LogP contribution is 2.28. The molecule has 0 atom stereocenters. The third-order valence-corrected chi connectivity index (χ3v) is 8.17. The fourth-order valence-corrected chi connectivity index (χ4v) is 5.75. The third kappa shape index (κ3) is 8.60. The molecule has 3 aromatic carbocycles. The highest BCUT2D eigenvalue weighted by atomic mass is 32.2. The second-order valence-corrected chi connectivity index (χ2v) is 13.0. The molecule has 0 bridgehead atoms. The number of nitrogens with one attached hydrogen (secondary N) is 1. The van der Waals surface area contributed by atoms with E-state index < -0.39 is 22.0 Å². The molecule has 0 saturated carbocycles. The second-order valence-electron chi connectivity index (χ2n) is 11.3. The van der Waals surface area contributed by atoms with E-state index in [0.29, 0.717) is 28.3 Å². The summed E-state index contributed by atoms with van der Waals surface area (Å²) in [7, 11) is -3.76. The minimum Gasteiger partial charge on any atom is -0.462 e. The van der Waals surface area contributed by atoms with E-state index >= 15 is 0 Å². The van der Waals surface area contributed by atoms with Gasteiger partial charge in [0.1, 0.15) is 13.1 Å². The first-order valence-corrected chi connectivity index (χ1v) is 16.3. The predicted octanol–water partition coefficient (Wildman–Crippen LogP) is 5.31. The fourth-order valence-electron chi connectivity index (χ4n) is 4.67. The molecule has 46 heavy (non-hydrogen) atoms. The molecule has 0 unspecified atom stereocenters. The summed E-state index contributed by atoms with van der Waals surface area (Å²) >= 11 is 0. The zero-order valence-corrected chi connectivity index (χ0v) is 27.5. The molecule has 12 heteroatoms. The largest absolute Gasteiger partial charge is 0.462 e. The monoisotopic (exact) mass is 646 g/mol. The molecule has 1 amide bonds. The summed E-state index contributed by atoms with van der Waals surface area (Å²) in [5.74, 6) is -1.28. The van der Waals surface area contributed by atoms with Crippen LogP contribution in [0.3, 0.4) is 0 Å². The molecule has 1 heterocycles. The van der Waals surface area contributed by atoms with Crippen LogP contribution in [-0.4, -0.2) is 57.3 Å². The van der Waals surface area contributed by atoms with Crippen molar-refractivity contribution in [1.29, 1.82) is 0 Å². The number of amides is 1. The summed E-state index contributed by atoms with van der Waals surface area (Å²) in [6.07, 6.45) is 1.14. The minimum absolute atomic E-state index is 0.141. The Morgan fingerprint density at radius 1 is 0.891 bits per heavy atom. The van der Waals surface area contributed by atoms with Gasteiger partial charge in [0.05, 0.1) is 34.1 Å². The van der Waals surface area contributed by atoms with Gasteiger partial charge in [-0.3, -0.25) is 19.1 Å². The summed E-state index contributed by atoms with van der Waals surface area (Å²) in [5, 5.41) is 5.71. The Balaban J connectivity index is 1.51. The summed E-state index contributed by atoms with van der Waals surface area (Å²) < 4.78 is 38.5. The number of hydrogen-bond acceptors (Lipinski definition) is 9. The number of hydrazone groups is 1. The number of anilines is 3. The Kier molecular flexibility index (Phi) is 10.6. The number of hydrogen-bond donors (Lipinski definition) is 1. The Morgan fingerprint density at radius 2 is 1.48 bits per heavy atom. The van der Waals surface area contributed by atoms with Crippen molar-refractivity contribution in [3.05, 3.63) is 89.5 Å². The van der Waals surface area contributed by atoms with E-state index in [4.69, 9.17) is 9.47 Å². The highest BCUT2D eigenvalue weighted by Gasteiger charge is 2.29. The summed E-state index contributed by atoms with van der Waals surface area (Å²) in [4.78, 5) is 40.1. The quantitative estimate of drug-likeness (QED) is 0.207. The first kappa shape index (κ1) is 33.9. The lowest BCUT2D eigenvalue weighted by Crippen LogP contribution is -2.37. The van der Waals surface area contributed by atoms with Crippen molar-refractivity contribution in [1.82, 2.24) is 0 Å². The first-order valence-electron chi connectivity index (χ1n) is 14.8. The molecular weight excluding hydrogens is 608 g/mol. The maximum Gasteiger partial charge on any atom is 0.325 e. The van der Waals surface area contributed by atoms with Gasteiger partial charge >= 0.3 is 11.9 Å². The molecule has 0 radical (unpaired) electrons. The van der Waals surface area contributed by atoms with Crippen LogP contribution in [0.4, 0.5) is 17.1 Å². The fraction of sp³-hybridized carbons (Fsp3) is 0.294. The van der Waals surface area contributed by atoms with E-state index in [-0.39, 0.29) is 36.1 Å². The van der Waals surface area contributed by atoms with Crippen LogP contribution in [0.15, 0.2) is 88.4 Å². The van der Waals surface area contributed by atoms with Crippen molar-refractivity contribution in [3.8, 4) is 0 Å². The zero-order valence-electron chi connectivity index (χ0n) is 26.7. The van der Waals surface area contributed by atoms with Gasteiger partial charge in [0.25, 0.3) is 15.9 Å². The number of sulfonamides is 1. The molecule has 242 valence electrons. The maximum absolute atomic E-state index is 13.4. The average Bonchev–Trinajstić information content (AvgIpc) is 3.26. The maximum atomic E-state index is 13.4. The Hall–Kier alpha value is -4.97. The van der Waals surface area contributed by atoms with Gasteiger partial charge in [-0.2, -0.15) is 10.1 Å². The number of rotatable bonds is 12. The number of nitrogens with zero attached hydrogens (tertiary/aromatic N) is 3. The predicted molar refractivity (Wildman–Crippen MR) is 178 cm³/mol. The molecule has 0 aromatic heterocycles. The molecule has 0 fully saturated rings. The summed E-state index contributed by atoms with van der Waals surface area (Å²) in [6.45, 7) is 10.3. The number of esters is 2. The lowest BCUT2D eigenvalue weighted by Gasteiger charge is -2.24. The highest BCUT2D eigenvalue weighted by molar-refractivity contribution is 7.92. The van der Waals surface area contributed by atoms with E-state index in [2.05, 4.69) is 9.82 Å². The van der Waals surface area contributed by atoms with E-state index in [1.165, 1.54) is 17.1 Å². The molecular formula is C34H38N4O7S. The van der Waals surface area contributed by atoms with E-state index in [1.54, 1.807) is 94.1 Å². The van der Waals surface area contributed by atoms with Crippen molar-refractivity contribution in [2.45, 2.75) is 58.6 Å². The molecule has 0 spiro atoms. The van der Waals surface area contributed by atoms with Crippen LogP contribution in [-0.2, 0) is 33.9 Å². The van der Waals surface area contributed by atoms with Gasteiger partial charge < -0.3 is 14.4 Å². The Morgan fingerprint density at radius 3 is 2.02 bits per heavy atom. The van der Waals surface area contributed by atoms with Crippen LogP contribution >= 0.6 is 0 Å². The van der Waals surface area contributed by atoms with Crippen molar-refractivity contribution >= 4 is 56.7 Å². The Bertz CT molecular complexity index is 1740. The standard InChI is InChI=1S/C34H38N4O7S/c1-22(2)44-32(39)20-37(21-33(40)45-23(3)4)29-15-12-26(24(5)18-29)19-31-25(6)35-38(34(31)41)28-16-13-27(14-17-28)36-46(42,43)30-10-8-7-9-11-30/h7-19,22-23,36H,20-21H2,1-6H3. The normalized spacial score (nSPS) is 14.1. The topological polar surface area (TPSA) is 135 Å². The molecule has 11 nitrogen and oxygen atoms in total. The van der Waals surface area contributed by atoms with Gasteiger partial charge in [0.15, 0.2) is 0 Å². The van der Waals surface area contributed by atoms with E-state index in [1.807, 2.05) is 19.1 Å². The molecule has 0 aliphatic carbocycles. The molecule has 3 aromatic rings. The second kappa shape index (κ2) is 14.4. The number of benzene rings is 3. The van der Waals surface area contributed by atoms with E-state index in [9.17, 15) is 22.8 Å². The van der Waals surface area contributed by atoms with Gasteiger partial charge in [-0.1, -0.05) is 24.3 Å². The third-order valence-electron chi connectivity index (χ3n) is 6.77. The van der Waals surface area contributed by atoms with Crippen LogP contribution in [0.2, 0.25) is 0 Å².